The van der Waals surface area contributed by atoms with Gasteiger partial charge in [-0.3, -0.25) is 4.79 Å². The van der Waals surface area contributed by atoms with E-state index in [1.54, 1.807) is 24.5 Å². The molecular weight excluding hydrogens is 278 g/mol. The maximum atomic E-state index is 12.3. The zero-order chi connectivity index (χ0) is 13.9. The lowest BCUT2D eigenvalue weighted by molar-refractivity contribution is -0.123. The Kier molecular flexibility index (Phi) is 3.65. The third-order valence-electron chi connectivity index (χ3n) is 3.34. The van der Waals surface area contributed by atoms with Crippen LogP contribution in [0.25, 0.3) is 0 Å². The highest BCUT2D eigenvalue weighted by Gasteiger charge is 2.27. The van der Waals surface area contributed by atoms with Gasteiger partial charge >= 0.3 is 0 Å². The second-order valence-electron chi connectivity index (χ2n) is 4.67. The highest BCUT2D eigenvalue weighted by molar-refractivity contribution is 6.30. The van der Waals surface area contributed by atoms with Gasteiger partial charge in [0.1, 0.15) is 11.5 Å². The second kappa shape index (κ2) is 5.59. The van der Waals surface area contributed by atoms with Gasteiger partial charge in [0, 0.05) is 10.6 Å². The Balaban J connectivity index is 1.74. The van der Waals surface area contributed by atoms with Crippen LogP contribution < -0.4 is 10.1 Å². The van der Waals surface area contributed by atoms with Crippen LogP contribution in [0.15, 0.2) is 41.0 Å². The molecule has 0 saturated carbocycles. The van der Waals surface area contributed by atoms with Crippen molar-refractivity contribution in [1.82, 2.24) is 5.32 Å². The van der Waals surface area contributed by atoms with Crippen LogP contribution in [0, 0.1) is 0 Å². The molecule has 0 aliphatic carbocycles. The van der Waals surface area contributed by atoms with E-state index in [1.165, 1.54) is 0 Å². The molecule has 1 aromatic heterocycles. The lowest BCUT2D eigenvalue weighted by atomic mass is 9.92. The van der Waals surface area contributed by atoms with E-state index in [2.05, 4.69) is 5.32 Å². The molecular formula is C15H14ClNO3. The van der Waals surface area contributed by atoms with Crippen molar-refractivity contribution in [1.29, 1.82) is 0 Å². The van der Waals surface area contributed by atoms with Crippen LogP contribution in [0.4, 0.5) is 0 Å². The van der Waals surface area contributed by atoms with E-state index in [0.717, 1.165) is 17.1 Å². The molecule has 0 radical (unpaired) electrons. The molecule has 1 unspecified atom stereocenters. The summed E-state index contributed by atoms with van der Waals surface area (Å²) < 4.78 is 10.8. The summed E-state index contributed by atoms with van der Waals surface area (Å²) in [6.07, 6.45) is 2.24. The van der Waals surface area contributed by atoms with Crippen molar-refractivity contribution in [3.05, 3.63) is 52.9 Å². The predicted molar refractivity (Wildman–Crippen MR) is 74.9 cm³/mol. The molecule has 1 atom stereocenters. The average Bonchev–Trinajstić information content (AvgIpc) is 2.97. The first-order valence-electron chi connectivity index (χ1n) is 6.46. The summed E-state index contributed by atoms with van der Waals surface area (Å²) in [5.41, 5.74) is 0.848. The quantitative estimate of drug-likeness (QED) is 0.945. The van der Waals surface area contributed by atoms with E-state index >= 15 is 0 Å². The number of halogens is 1. The number of carbonyl (C=O) groups is 1. The fourth-order valence-electron chi connectivity index (χ4n) is 2.35. The zero-order valence-corrected chi connectivity index (χ0v) is 11.5. The molecule has 0 bridgehead atoms. The maximum absolute atomic E-state index is 12.3. The van der Waals surface area contributed by atoms with E-state index in [0.29, 0.717) is 24.6 Å². The van der Waals surface area contributed by atoms with Crippen LogP contribution in [0.2, 0.25) is 5.02 Å². The summed E-state index contributed by atoms with van der Waals surface area (Å²) in [4.78, 5) is 12.3. The van der Waals surface area contributed by atoms with Crippen molar-refractivity contribution in [2.75, 3.05) is 6.61 Å². The first kappa shape index (κ1) is 13.1. The fourth-order valence-corrected chi connectivity index (χ4v) is 2.53. The third kappa shape index (κ3) is 2.65. The number of amides is 1. The first-order valence-corrected chi connectivity index (χ1v) is 6.84. The van der Waals surface area contributed by atoms with Gasteiger partial charge in [0.05, 0.1) is 25.3 Å². The highest BCUT2D eigenvalue weighted by Crippen LogP contribution is 2.35. The lowest BCUT2D eigenvalue weighted by Crippen LogP contribution is -2.32. The molecule has 3 rings (SSSR count). The van der Waals surface area contributed by atoms with Crippen molar-refractivity contribution in [2.24, 2.45) is 0 Å². The Bertz CT molecular complexity index is 610. The zero-order valence-electron chi connectivity index (χ0n) is 10.8. The van der Waals surface area contributed by atoms with Crippen LogP contribution in [-0.2, 0) is 11.3 Å². The average molecular weight is 292 g/mol. The van der Waals surface area contributed by atoms with Gasteiger partial charge in [0.15, 0.2) is 0 Å². The highest BCUT2D eigenvalue weighted by atomic mass is 35.5. The molecule has 1 aliphatic heterocycles. The minimum absolute atomic E-state index is 0.0341. The SMILES string of the molecule is O=C(NCc1ccco1)C1CCOc2ccc(Cl)cc21. The Morgan fingerprint density at radius 2 is 2.30 bits per heavy atom. The van der Waals surface area contributed by atoms with E-state index in [9.17, 15) is 4.79 Å². The molecule has 1 aromatic carbocycles. The van der Waals surface area contributed by atoms with Crippen molar-refractivity contribution in [3.63, 3.8) is 0 Å². The lowest BCUT2D eigenvalue weighted by Gasteiger charge is -2.25. The monoisotopic (exact) mass is 291 g/mol. The molecule has 1 aliphatic rings. The number of furan rings is 1. The smallest absolute Gasteiger partial charge is 0.228 e. The normalized spacial score (nSPS) is 17.1. The Morgan fingerprint density at radius 1 is 1.40 bits per heavy atom. The van der Waals surface area contributed by atoms with Gasteiger partial charge < -0.3 is 14.5 Å². The first-order chi connectivity index (χ1) is 9.74. The molecule has 1 amide bonds. The Hall–Kier alpha value is -1.94. The van der Waals surface area contributed by atoms with Gasteiger partial charge in [-0.05, 0) is 36.8 Å². The van der Waals surface area contributed by atoms with Crippen LogP contribution in [0.3, 0.4) is 0 Å². The number of benzene rings is 1. The van der Waals surface area contributed by atoms with Crippen molar-refractivity contribution < 1.29 is 13.9 Å². The molecule has 1 N–H and O–H groups in total. The molecule has 2 heterocycles. The number of rotatable bonds is 3. The number of ether oxygens (including phenoxy) is 1. The van der Waals surface area contributed by atoms with Crippen molar-refractivity contribution in [2.45, 2.75) is 18.9 Å². The molecule has 0 fully saturated rings. The summed E-state index contributed by atoms with van der Waals surface area (Å²) in [5, 5.41) is 3.49. The van der Waals surface area contributed by atoms with Crippen molar-refractivity contribution >= 4 is 17.5 Å². The maximum Gasteiger partial charge on any atom is 0.228 e. The van der Waals surface area contributed by atoms with E-state index < -0.39 is 0 Å². The topological polar surface area (TPSA) is 51.5 Å². The van der Waals surface area contributed by atoms with E-state index in [4.69, 9.17) is 20.8 Å². The number of hydrogen-bond acceptors (Lipinski definition) is 3. The molecule has 20 heavy (non-hydrogen) atoms. The molecule has 5 heteroatoms. The second-order valence-corrected chi connectivity index (χ2v) is 5.11. The molecule has 104 valence electrons. The van der Waals surface area contributed by atoms with Gasteiger partial charge in [-0.25, -0.2) is 0 Å². The molecule has 4 nitrogen and oxygen atoms in total. The predicted octanol–water partition coefficient (Wildman–Crippen LogP) is 3.12. The molecule has 0 spiro atoms. The largest absolute Gasteiger partial charge is 0.493 e. The van der Waals surface area contributed by atoms with Crippen LogP contribution in [-0.4, -0.2) is 12.5 Å². The number of carbonyl (C=O) groups excluding carboxylic acids is 1. The molecule has 0 saturated heterocycles. The van der Waals surface area contributed by atoms with Gasteiger partial charge in [0.2, 0.25) is 5.91 Å². The van der Waals surface area contributed by atoms with Crippen LogP contribution in [0.1, 0.15) is 23.7 Å². The third-order valence-corrected chi connectivity index (χ3v) is 3.58. The van der Waals surface area contributed by atoms with Crippen LogP contribution >= 0.6 is 11.6 Å². The Labute approximate surface area is 121 Å². The van der Waals surface area contributed by atoms with Gasteiger partial charge in [-0.1, -0.05) is 11.6 Å². The standard InChI is InChI=1S/C15H14ClNO3/c16-10-3-4-14-13(8-10)12(5-7-20-14)15(18)17-9-11-2-1-6-19-11/h1-4,6,8,12H,5,7,9H2,(H,17,18). The Morgan fingerprint density at radius 3 is 3.10 bits per heavy atom. The summed E-state index contributed by atoms with van der Waals surface area (Å²) >= 11 is 6.00. The van der Waals surface area contributed by atoms with E-state index in [1.807, 2.05) is 12.1 Å². The summed E-state index contributed by atoms with van der Waals surface area (Å²) in [6, 6.07) is 9.00. The van der Waals surface area contributed by atoms with Gasteiger partial charge in [0.25, 0.3) is 0 Å². The number of nitrogens with one attached hydrogen (secondary N) is 1. The van der Waals surface area contributed by atoms with Gasteiger partial charge in [-0.15, -0.1) is 0 Å². The van der Waals surface area contributed by atoms with E-state index in [-0.39, 0.29) is 11.8 Å². The summed E-state index contributed by atoms with van der Waals surface area (Å²) in [5.74, 6) is 1.20. The summed E-state index contributed by atoms with van der Waals surface area (Å²) in [6.45, 7) is 0.923. The number of fused-ring (bicyclic) bond motifs is 1. The fraction of sp³-hybridized carbons (Fsp3) is 0.267. The van der Waals surface area contributed by atoms with Gasteiger partial charge in [-0.2, -0.15) is 0 Å². The number of hydrogen-bond donors (Lipinski definition) is 1. The van der Waals surface area contributed by atoms with Crippen molar-refractivity contribution in [3.8, 4) is 5.75 Å². The molecule has 2 aromatic rings. The summed E-state index contributed by atoms with van der Waals surface area (Å²) in [7, 11) is 0. The minimum Gasteiger partial charge on any atom is -0.493 e. The van der Waals surface area contributed by atoms with Crippen LogP contribution in [0.5, 0.6) is 5.75 Å². The minimum atomic E-state index is -0.229.